The number of aromatic nitrogens is 3. The molecule has 3 aromatic rings. The molecule has 1 unspecified atom stereocenters. The van der Waals surface area contributed by atoms with E-state index in [-0.39, 0.29) is 5.91 Å². The van der Waals surface area contributed by atoms with Crippen LogP contribution in [0, 0.1) is 0 Å². The van der Waals surface area contributed by atoms with Crippen LogP contribution in [0.25, 0.3) is 10.9 Å². The molecule has 0 spiro atoms. The molecule has 0 saturated carbocycles. The van der Waals surface area contributed by atoms with Crippen molar-refractivity contribution in [3.63, 3.8) is 0 Å². The number of ether oxygens (including phenoxy) is 1. The van der Waals surface area contributed by atoms with Gasteiger partial charge in [0, 0.05) is 62.8 Å². The van der Waals surface area contributed by atoms with Crippen molar-refractivity contribution in [3.8, 4) is 5.75 Å². The fraction of sp³-hybridized carbons (Fsp3) is 0.435. The molecule has 0 radical (unpaired) electrons. The molecule has 31 heavy (non-hydrogen) atoms. The number of anilines is 1. The Morgan fingerprint density at radius 3 is 2.81 bits per heavy atom. The third-order valence-corrected chi connectivity index (χ3v) is 6.00. The molecule has 164 valence electrons. The Hall–Kier alpha value is -3.13. The van der Waals surface area contributed by atoms with Crippen molar-refractivity contribution in [3.05, 3.63) is 48.0 Å². The molecule has 1 aliphatic rings. The number of H-pyrrole nitrogens is 1. The zero-order chi connectivity index (χ0) is 21.8. The molecule has 1 aliphatic heterocycles. The highest BCUT2D eigenvalue weighted by atomic mass is 16.5. The SMILES string of the molecule is CCC(c1c[nH]c2ccc(CNC(C)=O)cc12)N1CCN(c2ncncc2OC)CC1. The summed E-state index contributed by atoms with van der Waals surface area (Å²) >= 11 is 0. The van der Waals surface area contributed by atoms with E-state index in [1.54, 1.807) is 26.6 Å². The molecule has 2 N–H and O–H groups in total. The predicted molar refractivity (Wildman–Crippen MR) is 121 cm³/mol. The lowest BCUT2D eigenvalue weighted by Crippen LogP contribution is -2.48. The van der Waals surface area contributed by atoms with Crippen LogP contribution in [-0.2, 0) is 11.3 Å². The van der Waals surface area contributed by atoms with Gasteiger partial charge in [0.1, 0.15) is 6.33 Å². The molecular weight excluding hydrogens is 392 g/mol. The molecule has 1 aromatic carbocycles. The number of benzene rings is 1. The molecule has 2 aromatic heterocycles. The Morgan fingerprint density at radius 2 is 2.10 bits per heavy atom. The lowest BCUT2D eigenvalue weighted by molar-refractivity contribution is -0.119. The summed E-state index contributed by atoms with van der Waals surface area (Å²) in [6, 6.07) is 6.69. The normalized spacial score (nSPS) is 15.8. The van der Waals surface area contributed by atoms with Crippen molar-refractivity contribution in [1.82, 2.24) is 25.2 Å². The summed E-state index contributed by atoms with van der Waals surface area (Å²) in [5.74, 6) is 1.56. The number of nitrogens with one attached hydrogen (secondary N) is 2. The monoisotopic (exact) mass is 422 g/mol. The van der Waals surface area contributed by atoms with Crippen LogP contribution in [0.4, 0.5) is 5.82 Å². The number of methoxy groups -OCH3 is 1. The fourth-order valence-corrected chi connectivity index (χ4v) is 4.41. The van der Waals surface area contributed by atoms with Crippen molar-refractivity contribution in [2.75, 3.05) is 38.2 Å². The zero-order valence-electron chi connectivity index (χ0n) is 18.4. The molecule has 0 aliphatic carbocycles. The molecule has 1 saturated heterocycles. The number of piperazine rings is 1. The van der Waals surface area contributed by atoms with E-state index in [0.717, 1.165) is 49.5 Å². The van der Waals surface area contributed by atoms with Crippen LogP contribution in [0.1, 0.15) is 37.4 Å². The van der Waals surface area contributed by atoms with Crippen LogP contribution in [0.5, 0.6) is 5.75 Å². The van der Waals surface area contributed by atoms with E-state index in [9.17, 15) is 4.79 Å². The number of aromatic amines is 1. The first-order chi connectivity index (χ1) is 15.1. The largest absolute Gasteiger partial charge is 0.491 e. The van der Waals surface area contributed by atoms with E-state index in [2.05, 4.69) is 61.4 Å². The summed E-state index contributed by atoms with van der Waals surface area (Å²) in [6.45, 7) is 8.01. The molecule has 1 atom stereocenters. The Bertz CT molecular complexity index is 1040. The Balaban J connectivity index is 1.51. The second kappa shape index (κ2) is 9.34. The quantitative estimate of drug-likeness (QED) is 0.609. The number of fused-ring (bicyclic) bond motifs is 1. The van der Waals surface area contributed by atoms with Crippen molar-refractivity contribution < 1.29 is 9.53 Å². The molecular formula is C23H30N6O2. The summed E-state index contributed by atoms with van der Waals surface area (Å²) in [5.41, 5.74) is 3.55. The number of rotatable bonds is 7. The zero-order valence-corrected chi connectivity index (χ0v) is 18.4. The first-order valence-corrected chi connectivity index (χ1v) is 10.8. The highest BCUT2D eigenvalue weighted by Crippen LogP contribution is 2.33. The van der Waals surface area contributed by atoms with Crippen molar-refractivity contribution >= 4 is 22.6 Å². The predicted octanol–water partition coefficient (Wildman–Crippen LogP) is 2.88. The highest BCUT2D eigenvalue weighted by Gasteiger charge is 2.27. The van der Waals surface area contributed by atoms with Gasteiger partial charge in [0.2, 0.25) is 5.91 Å². The molecule has 1 amide bonds. The standard InChI is InChI=1S/C23H30N6O2/c1-4-21(19-13-26-20-6-5-17(11-18(19)20)12-25-16(2)30)28-7-9-29(10-8-28)23-22(31-3)14-24-15-27-23/h5-6,11,13-15,21,26H,4,7-10,12H2,1-3H3,(H,25,30). The average molecular weight is 423 g/mol. The van der Waals surface area contributed by atoms with Gasteiger partial charge >= 0.3 is 0 Å². The van der Waals surface area contributed by atoms with Crippen molar-refractivity contribution in [2.24, 2.45) is 0 Å². The number of nitrogens with zero attached hydrogens (tertiary/aromatic N) is 4. The Labute approximate surface area is 182 Å². The summed E-state index contributed by atoms with van der Waals surface area (Å²) in [5, 5.41) is 4.12. The van der Waals surface area contributed by atoms with Gasteiger partial charge in [-0.05, 0) is 29.7 Å². The van der Waals surface area contributed by atoms with Crippen LogP contribution in [0.3, 0.4) is 0 Å². The van der Waals surface area contributed by atoms with Gasteiger partial charge in [-0.25, -0.2) is 9.97 Å². The first-order valence-electron chi connectivity index (χ1n) is 10.8. The number of amides is 1. The minimum Gasteiger partial charge on any atom is -0.491 e. The van der Waals surface area contributed by atoms with Crippen LogP contribution in [0.15, 0.2) is 36.9 Å². The first kappa shape index (κ1) is 21.1. The van der Waals surface area contributed by atoms with Gasteiger partial charge in [-0.2, -0.15) is 0 Å². The van der Waals surface area contributed by atoms with Gasteiger partial charge in [-0.3, -0.25) is 9.69 Å². The molecule has 1 fully saturated rings. The van der Waals surface area contributed by atoms with Gasteiger partial charge in [0.05, 0.1) is 13.3 Å². The van der Waals surface area contributed by atoms with Crippen molar-refractivity contribution in [2.45, 2.75) is 32.9 Å². The maximum atomic E-state index is 11.3. The van der Waals surface area contributed by atoms with Gasteiger partial charge < -0.3 is 19.9 Å². The maximum absolute atomic E-state index is 11.3. The number of hydrogen-bond acceptors (Lipinski definition) is 6. The maximum Gasteiger partial charge on any atom is 0.217 e. The lowest BCUT2D eigenvalue weighted by Gasteiger charge is -2.39. The Kier molecular flexibility index (Phi) is 6.36. The van der Waals surface area contributed by atoms with E-state index < -0.39 is 0 Å². The average Bonchev–Trinajstić information content (AvgIpc) is 3.22. The van der Waals surface area contributed by atoms with Gasteiger partial charge in [0.15, 0.2) is 11.6 Å². The van der Waals surface area contributed by atoms with E-state index >= 15 is 0 Å². The third kappa shape index (κ3) is 4.49. The summed E-state index contributed by atoms with van der Waals surface area (Å²) in [6.07, 6.45) is 6.46. The number of carbonyl (C=O) groups excluding carboxylic acids is 1. The summed E-state index contributed by atoms with van der Waals surface area (Å²) in [7, 11) is 1.66. The Morgan fingerprint density at radius 1 is 1.29 bits per heavy atom. The van der Waals surface area contributed by atoms with Gasteiger partial charge in [-0.15, -0.1) is 0 Å². The molecule has 3 heterocycles. The number of hydrogen-bond donors (Lipinski definition) is 2. The van der Waals surface area contributed by atoms with Crippen LogP contribution < -0.4 is 15.0 Å². The third-order valence-electron chi connectivity index (χ3n) is 6.00. The van der Waals surface area contributed by atoms with Crippen LogP contribution >= 0.6 is 0 Å². The van der Waals surface area contributed by atoms with E-state index in [1.807, 2.05) is 0 Å². The second-order valence-corrected chi connectivity index (χ2v) is 7.90. The molecule has 4 rings (SSSR count). The second-order valence-electron chi connectivity index (χ2n) is 7.90. The summed E-state index contributed by atoms with van der Waals surface area (Å²) < 4.78 is 5.44. The van der Waals surface area contributed by atoms with Crippen LogP contribution in [-0.4, -0.2) is 59.0 Å². The minimum absolute atomic E-state index is 0.0148. The minimum atomic E-state index is -0.0148. The molecule has 8 heteroatoms. The molecule has 8 nitrogen and oxygen atoms in total. The van der Waals surface area contributed by atoms with E-state index in [1.165, 1.54) is 10.9 Å². The lowest BCUT2D eigenvalue weighted by atomic mass is 9.99. The van der Waals surface area contributed by atoms with Gasteiger partial charge in [0.25, 0.3) is 0 Å². The topological polar surface area (TPSA) is 86.4 Å². The van der Waals surface area contributed by atoms with Crippen molar-refractivity contribution in [1.29, 1.82) is 0 Å². The van der Waals surface area contributed by atoms with Gasteiger partial charge in [-0.1, -0.05) is 13.0 Å². The van der Waals surface area contributed by atoms with E-state index in [4.69, 9.17) is 4.74 Å². The molecule has 0 bridgehead atoms. The fourth-order valence-electron chi connectivity index (χ4n) is 4.41. The number of carbonyl (C=O) groups is 1. The van der Waals surface area contributed by atoms with E-state index in [0.29, 0.717) is 18.3 Å². The highest BCUT2D eigenvalue weighted by molar-refractivity contribution is 5.84. The van der Waals surface area contributed by atoms with Crippen LogP contribution in [0.2, 0.25) is 0 Å². The smallest absolute Gasteiger partial charge is 0.217 e. The summed E-state index contributed by atoms with van der Waals surface area (Å²) in [4.78, 5) is 28.0.